The van der Waals surface area contributed by atoms with Crippen molar-refractivity contribution < 1.29 is 18.7 Å². The lowest BCUT2D eigenvalue weighted by Crippen LogP contribution is -2.41. The summed E-state index contributed by atoms with van der Waals surface area (Å²) in [5.74, 6) is 1.44. The molecule has 4 fully saturated rings. The number of ether oxygens (including phenoxy) is 2. The van der Waals surface area contributed by atoms with E-state index in [2.05, 4.69) is 20.4 Å². The first-order valence-corrected chi connectivity index (χ1v) is 14.3. The molecule has 9 heteroatoms. The fourth-order valence-electron chi connectivity index (χ4n) is 6.04. The molecule has 3 aliphatic heterocycles. The highest BCUT2D eigenvalue weighted by molar-refractivity contribution is 5.81. The van der Waals surface area contributed by atoms with Crippen molar-refractivity contribution in [3.8, 4) is 11.5 Å². The smallest absolute Gasteiger partial charge is 0.225 e. The minimum absolute atomic E-state index is 0.0190. The Labute approximate surface area is 223 Å². The van der Waals surface area contributed by atoms with Crippen LogP contribution in [0.4, 0.5) is 10.2 Å². The molecule has 6 rings (SSSR count). The number of aromatic nitrogens is 2. The fourth-order valence-corrected chi connectivity index (χ4v) is 6.04. The van der Waals surface area contributed by atoms with E-state index in [-0.39, 0.29) is 35.4 Å². The molecule has 1 atom stereocenters. The summed E-state index contributed by atoms with van der Waals surface area (Å²) in [4.78, 5) is 16.7. The maximum atomic E-state index is 15.6. The van der Waals surface area contributed by atoms with E-state index in [1.807, 2.05) is 23.1 Å². The van der Waals surface area contributed by atoms with Gasteiger partial charge in [-0.15, -0.1) is 5.10 Å². The highest BCUT2D eigenvalue weighted by Gasteiger charge is 2.36. The molecule has 1 unspecified atom stereocenters. The summed E-state index contributed by atoms with van der Waals surface area (Å²) >= 11 is 0. The van der Waals surface area contributed by atoms with Crippen LogP contribution in [0.1, 0.15) is 62.8 Å². The van der Waals surface area contributed by atoms with Gasteiger partial charge in [0.2, 0.25) is 5.91 Å². The molecule has 1 amide bonds. The second-order valence-corrected chi connectivity index (χ2v) is 11.2. The number of hydrogen-bond acceptors (Lipinski definition) is 7. The SMILES string of the molecule is O=C(C1CC1)N1CCCC(c2cccc(Oc3cnnc(N4CCC(OC5CCNCC5)CC4)c3)c2F)C1. The Morgan fingerprint density at radius 3 is 2.58 bits per heavy atom. The number of amides is 1. The van der Waals surface area contributed by atoms with Crippen LogP contribution >= 0.6 is 0 Å². The van der Waals surface area contributed by atoms with Crippen molar-refractivity contribution >= 4 is 11.7 Å². The van der Waals surface area contributed by atoms with Gasteiger partial charge in [0.25, 0.3) is 0 Å². The van der Waals surface area contributed by atoms with Gasteiger partial charge in [0.15, 0.2) is 23.1 Å². The van der Waals surface area contributed by atoms with Crippen LogP contribution in [0.3, 0.4) is 0 Å². The van der Waals surface area contributed by atoms with Gasteiger partial charge in [-0.2, -0.15) is 5.10 Å². The van der Waals surface area contributed by atoms with E-state index in [1.54, 1.807) is 6.07 Å². The second-order valence-electron chi connectivity index (χ2n) is 11.2. The predicted octanol–water partition coefficient (Wildman–Crippen LogP) is 4.26. The van der Waals surface area contributed by atoms with Crippen LogP contribution in [-0.4, -0.2) is 72.5 Å². The number of carbonyl (C=O) groups is 1. The van der Waals surface area contributed by atoms with Crippen molar-refractivity contribution in [1.29, 1.82) is 0 Å². The largest absolute Gasteiger partial charge is 0.452 e. The van der Waals surface area contributed by atoms with Crippen molar-refractivity contribution in [2.24, 2.45) is 5.92 Å². The van der Waals surface area contributed by atoms with Gasteiger partial charge in [-0.1, -0.05) is 12.1 Å². The Morgan fingerprint density at radius 2 is 1.79 bits per heavy atom. The van der Waals surface area contributed by atoms with Crippen molar-refractivity contribution in [3.05, 3.63) is 41.8 Å². The number of hydrogen-bond donors (Lipinski definition) is 1. The number of nitrogens with one attached hydrogen (secondary N) is 1. The highest BCUT2D eigenvalue weighted by atomic mass is 19.1. The van der Waals surface area contributed by atoms with Crippen LogP contribution in [0.2, 0.25) is 0 Å². The third kappa shape index (κ3) is 5.94. The Kier molecular flexibility index (Phi) is 7.74. The van der Waals surface area contributed by atoms with E-state index >= 15 is 4.39 Å². The molecule has 1 aliphatic carbocycles. The van der Waals surface area contributed by atoms with Gasteiger partial charge in [0, 0.05) is 44.1 Å². The monoisotopic (exact) mass is 523 g/mol. The lowest BCUT2D eigenvalue weighted by atomic mass is 9.90. The molecule has 8 nitrogen and oxygen atoms in total. The van der Waals surface area contributed by atoms with E-state index in [1.165, 1.54) is 6.20 Å². The van der Waals surface area contributed by atoms with Crippen molar-refractivity contribution in [2.45, 2.75) is 69.5 Å². The standard InChI is InChI=1S/C29H38FN5O3/c30-28-25(21-3-2-14-35(19-21)29(36)20-6-7-20)4-1-5-26(28)38-24-17-27(33-32-18-24)34-15-10-23(11-16-34)37-22-8-12-31-13-9-22/h1,4-5,17-18,20-23,31H,2-3,6-16,19H2. The molecule has 1 aromatic heterocycles. The molecule has 204 valence electrons. The molecule has 4 heterocycles. The van der Waals surface area contributed by atoms with Crippen molar-refractivity contribution in [1.82, 2.24) is 20.4 Å². The number of benzene rings is 1. The van der Waals surface area contributed by atoms with Gasteiger partial charge in [-0.05, 0) is 76.1 Å². The lowest BCUT2D eigenvalue weighted by Gasteiger charge is -2.35. The van der Waals surface area contributed by atoms with Gasteiger partial charge in [0.1, 0.15) is 0 Å². The number of carbonyl (C=O) groups excluding carboxylic acids is 1. The fraction of sp³-hybridized carbons (Fsp3) is 0.621. The molecule has 1 aromatic carbocycles. The summed E-state index contributed by atoms with van der Waals surface area (Å²) in [6, 6.07) is 7.14. The zero-order valence-electron chi connectivity index (χ0n) is 22.0. The highest BCUT2D eigenvalue weighted by Crippen LogP contribution is 2.37. The Morgan fingerprint density at radius 1 is 1.00 bits per heavy atom. The summed E-state index contributed by atoms with van der Waals surface area (Å²) in [5, 5.41) is 11.8. The topological polar surface area (TPSA) is 79.8 Å². The first-order chi connectivity index (χ1) is 18.6. The molecule has 3 saturated heterocycles. The number of rotatable bonds is 7. The number of halogens is 1. The molecule has 0 bridgehead atoms. The van der Waals surface area contributed by atoms with Crippen LogP contribution < -0.4 is 15.0 Å². The van der Waals surface area contributed by atoms with Gasteiger partial charge in [0.05, 0.1) is 18.4 Å². The average molecular weight is 524 g/mol. The van der Waals surface area contributed by atoms with Gasteiger partial charge in [-0.3, -0.25) is 4.79 Å². The zero-order chi connectivity index (χ0) is 25.9. The van der Waals surface area contributed by atoms with E-state index < -0.39 is 0 Å². The lowest BCUT2D eigenvalue weighted by molar-refractivity contribution is -0.133. The van der Waals surface area contributed by atoms with Crippen LogP contribution in [-0.2, 0) is 9.53 Å². The van der Waals surface area contributed by atoms with Crippen molar-refractivity contribution in [2.75, 3.05) is 44.2 Å². The van der Waals surface area contributed by atoms with Gasteiger partial charge < -0.3 is 24.6 Å². The van der Waals surface area contributed by atoms with Crippen LogP contribution in [0.15, 0.2) is 30.5 Å². The summed E-state index contributed by atoms with van der Waals surface area (Å²) < 4.78 is 28.0. The molecular weight excluding hydrogens is 485 g/mol. The molecule has 1 N–H and O–H groups in total. The number of anilines is 1. The quantitative estimate of drug-likeness (QED) is 0.581. The first kappa shape index (κ1) is 25.5. The third-order valence-electron chi connectivity index (χ3n) is 8.37. The van der Waals surface area contributed by atoms with Crippen molar-refractivity contribution in [3.63, 3.8) is 0 Å². The van der Waals surface area contributed by atoms with Crippen LogP contribution in [0, 0.1) is 11.7 Å². The molecule has 2 aromatic rings. The average Bonchev–Trinajstić information content (AvgIpc) is 3.81. The summed E-state index contributed by atoms with van der Waals surface area (Å²) in [7, 11) is 0. The van der Waals surface area contributed by atoms with Crippen LogP contribution in [0.5, 0.6) is 11.5 Å². The minimum atomic E-state index is -0.354. The number of nitrogens with zero attached hydrogens (tertiary/aromatic N) is 4. The summed E-state index contributed by atoms with van der Waals surface area (Å²) in [6.45, 7) is 5.11. The van der Waals surface area contributed by atoms with Gasteiger partial charge in [-0.25, -0.2) is 4.39 Å². The van der Waals surface area contributed by atoms with E-state index in [0.717, 1.165) is 89.9 Å². The van der Waals surface area contributed by atoms with Crippen LogP contribution in [0.25, 0.3) is 0 Å². The first-order valence-electron chi connectivity index (χ1n) is 14.3. The molecule has 0 spiro atoms. The maximum Gasteiger partial charge on any atom is 0.225 e. The number of likely N-dealkylation sites (tertiary alicyclic amines) is 1. The molecule has 38 heavy (non-hydrogen) atoms. The Bertz CT molecular complexity index is 1120. The zero-order valence-corrected chi connectivity index (χ0v) is 22.0. The molecule has 1 saturated carbocycles. The molecular formula is C29H38FN5O3. The van der Waals surface area contributed by atoms with E-state index in [0.29, 0.717) is 24.0 Å². The normalized spacial score (nSPS) is 23.4. The molecule has 4 aliphatic rings. The van der Waals surface area contributed by atoms with Gasteiger partial charge >= 0.3 is 0 Å². The van der Waals surface area contributed by atoms with E-state index in [9.17, 15) is 4.79 Å². The Balaban J connectivity index is 1.08. The Hall–Kier alpha value is -2.78. The summed E-state index contributed by atoms with van der Waals surface area (Å²) in [5.41, 5.74) is 0.619. The third-order valence-corrected chi connectivity index (χ3v) is 8.37. The predicted molar refractivity (Wildman–Crippen MR) is 142 cm³/mol. The van der Waals surface area contributed by atoms with E-state index in [4.69, 9.17) is 9.47 Å². The summed E-state index contributed by atoms with van der Waals surface area (Å²) in [6.07, 6.45) is 10.00. The maximum absolute atomic E-state index is 15.6. The molecule has 0 radical (unpaired) electrons. The number of piperidine rings is 3. The second kappa shape index (κ2) is 11.5. The minimum Gasteiger partial charge on any atom is -0.452 e.